The number of pyridine rings is 1. The number of fused-ring (bicyclic) bond motifs is 1. The van der Waals surface area contributed by atoms with Gasteiger partial charge >= 0.3 is 0 Å². The Bertz CT molecular complexity index is 899. The summed E-state index contributed by atoms with van der Waals surface area (Å²) in [4.78, 5) is 21.1. The lowest BCUT2D eigenvalue weighted by molar-refractivity contribution is 0.212. The van der Waals surface area contributed by atoms with Crippen molar-refractivity contribution >= 4 is 28.4 Å². The van der Waals surface area contributed by atoms with Crippen LogP contribution in [0.4, 0.5) is 0 Å². The molecule has 0 N–H and O–H groups in total. The molecule has 5 nitrogen and oxygen atoms in total. The molecule has 1 aliphatic rings. The topological polar surface area (TPSA) is 60.3 Å². The second-order valence-corrected chi connectivity index (χ2v) is 7.62. The van der Waals surface area contributed by atoms with Gasteiger partial charge < -0.3 is 4.84 Å². The van der Waals surface area contributed by atoms with Crippen molar-refractivity contribution in [3.05, 3.63) is 40.8 Å². The first-order valence-corrected chi connectivity index (χ1v) is 9.38. The minimum absolute atomic E-state index is 0.923. The number of nitrogens with zero attached hydrogens (tertiary/aromatic N) is 4. The van der Waals surface area contributed by atoms with E-state index in [1.165, 1.54) is 4.88 Å². The predicted octanol–water partition coefficient (Wildman–Crippen LogP) is 4.32. The molecule has 3 aromatic heterocycles. The standard InChI is InChI=1S/C17H16N4OS2/c1-10-15(24-16(19-10)11-5-4-8-18-9-11)17-20-14-12(21-22-2)6-3-7-13(14)23-17/h4-5,8-9H,3,6-7H2,1-2H3/b21-12+. The minimum atomic E-state index is 0.923. The maximum Gasteiger partial charge on any atom is 0.136 e. The number of oxime groups is 1. The fourth-order valence-corrected chi connectivity index (χ4v) is 5.09. The lowest BCUT2D eigenvalue weighted by Gasteiger charge is -2.10. The van der Waals surface area contributed by atoms with Crippen LogP contribution in [0.5, 0.6) is 0 Å². The maximum absolute atomic E-state index is 4.97. The third kappa shape index (κ3) is 2.74. The Hall–Kier alpha value is -2.12. The molecule has 0 atom stereocenters. The Balaban J connectivity index is 1.75. The van der Waals surface area contributed by atoms with Crippen LogP contribution in [0.2, 0.25) is 0 Å². The average molecular weight is 356 g/mol. The van der Waals surface area contributed by atoms with E-state index in [2.05, 4.69) is 10.1 Å². The van der Waals surface area contributed by atoms with Gasteiger partial charge in [-0.05, 0) is 38.3 Å². The van der Waals surface area contributed by atoms with E-state index >= 15 is 0 Å². The maximum atomic E-state index is 4.97. The van der Waals surface area contributed by atoms with Crippen molar-refractivity contribution in [1.82, 2.24) is 15.0 Å². The van der Waals surface area contributed by atoms with Gasteiger partial charge in [-0.1, -0.05) is 5.16 Å². The molecule has 0 bridgehead atoms. The van der Waals surface area contributed by atoms with Crippen molar-refractivity contribution in [2.45, 2.75) is 26.2 Å². The van der Waals surface area contributed by atoms with Gasteiger partial charge in [-0.2, -0.15) is 0 Å². The van der Waals surface area contributed by atoms with E-state index in [1.807, 2.05) is 25.3 Å². The first-order valence-electron chi connectivity index (χ1n) is 7.74. The van der Waals surface area contributed by atoms with Gasteiger partial charge in [0.05, 0.1) is 10.6 Å². The lowest BCUT2D eigenvalue weighted by atomic mass is 10.0. The highest BCUT2D eigenvalue weighted by molar-refractivity contribution is 7.23. The van der Waals surface area contributed by atoms with Crippen molar-refractivity contribution in [3.63, 3.8) is 0 Å². The minimum Gasteiger partial charge on any atom is -0.399 e. The van der Waals surface area contributed by atoms with E-state index in [0.29, 0.717) is 0 Å². The summed E-state index contributed by atoms with van der Waals surface area (Å²) in [6.45, 7) is 2.04. The van der Waals surface area contributed by atoms with Gasteiger partial charge in [-0.15, -0.1) is 22.7 Å². The highest BCUT2D eigenvalue weighted by Gasteiger charge is 2.24. The highest BCUT2D eigenvalue weighted by Crippen LogP contribution is 2.39. The van der Waals surface area contributed by atoms with Crippen LogP contribution in [0.3, 0.4) is 0 Å². The zero-order valence-electron chi connectivity index (χ0n) is 13.4. The fourth-order valence-electron chi connectivity index (χ4n) is 2.79. The summed E-state index contributed by atoms with van der Waals surface area (Å²) in [6.07, 6.45) is 6.70. The molecule has 24 heavy (non-hydrogen) atoms. The molecule has 7 heteroatoms. The van der Waals surface area contributed by atoms with Crippen LogP contribution < -0.4 is 0 Å². The fraction of sp³-hybridized carbons (Fsp3) is 0.294. The first-order chi connectivity index (χ1) is 11.8. The van der Waals surface area contributed by atoms with Crippen LogP contribution in [-0.4, -0.2) is 27.8 Å². The second-order valence-electron chi connectivity index (χ2n) is 5.54. The van der Waals surface area contributed by atoms with Gasteiger partial charge in [0.2, 0.25) is 0 Å². The summed E-state index contributed by atoms with van der Waals surface area (Å²) >= 11 is 3.42. The number of aryl methyl sites for hydroxylation is 2. The van der Waals surface area contributed by atoms with E-state index in [-0.39, 0.29) is 0 Å². The predicted molar refractivity (Wildman–Crippen MR) is 97.7 cm³/mol. The average Bonchev–Trinajstić information content (AvgIpc) is 3.20. The summed E-state index contributed by atoms with van der Waals surface area (Å²) in [5.74, 6) is 0. The summed E-state index contributed by atoms with van der Waals surface area (Å²) < 4.78 is 0. The quantitative estimate of drug-likeness (QED) is 0.656. The molecule has 1 aliphatic carbocycles. The number of aromatic nitrogens is 3. The third-order valence-electron chi connectivity index (χ3n) is 3.89. The van der Waals surface area contributed by atoms with Gasteiger partial charge in [0, 0.05) is 22.8 Å². The zero-order chi connectivity index (χ0) is 16.5. The van der Waals surface area contributed by atoms with Crippen LogP contribution in [0.1, 0.15) is 29.1 Å². The molecular formula is C17H16N4OS2. The number of rotatable bonds is 3. The normalized spacial score (nSPS) is 15.5. The molecule has 0 unspecified atom stereocenters. The molecule has 0 aromatic carbocycles. The molecule has 0 amide bonds. The molecule has 0 radical (unpaired) electrons. The largest absolute Gasteiger partial charge is 0.399 e. The molecule has 0 spiro atoms. The smallest absolute Gasteiger partial charge is 0.136 e. The van der Waals surface area contributed by atoms with E-state index in [1.54, 1.807) is 36.0 Å². The Morgan fingerprint density at radius 1 is 1.17 bits per heavy atom. The SMILES string of the molecule is CO/N=C1\CCCc2sc(-c3sc(-c4cccnc4)nc3C)nc21. The van der Waals surface area contributed by atoms with Crippen LogP contribution in [0, 0.1) is 6.92 Å². The van der Waals surface area contributed by atoms with Crippen molar-refractivity contribution < 1.29 is 4.84 Å². The summed E-state index contributed by atoms with van der Waals surface area (Å²) in [5, 5.41) is 6.15. The van der Waals surface area contributed by atoms with Crippen LogP contribution in [0.25, 0.3) is 20.5 Å². The molecule has 0 fully saturated rings. The number of thiazole rings is 2. The van der Waals surface area contributed by atoms with Gasteiger partial charge in [0.1, 0.15) is 28.5 Å². The van der Waals surface area contributed by atoms with E-state index in [0.717, 1.165) is 56.8 Å². The van der Waals surface area contributed by atoms with E-state index < -0.39 is 0 Å². The Morgan fingerprint density at radius 3 is 2.88 bits per heavy atom. The van der Waals surface area contributed by atoms with Crippen molar-refractivity contribution in [1.29, 1.82) is 0 Å². The lowest BCUT2D eigenvalue weighted by Crippen LogP contribution is -2.10. The number of hydrogen-bond donors (Lipinski definition) is 0. The van der Waals surface area contributed by atoms with Crippen LogP contribution in [-0.2, 0) is 11.3 Å². The molecule has 3 heterocycles. The third-order valence-corrected chi connectivity index (χ3v) is 6.36. The molecular weight excluding hydrogens is 340 g/mol. The molecule has 3 aromatic rings. The number of hydrogen-bond acceptors (Lipinski definition) is 7. The Labute approximate surface area is 148 Å². The zero-order valence-corrected chi connectivity index (χ0v) is 15.1. The summed E-state index contributed by atoms with van der Waals surface area (Å²) in [7, 11) is 1.59. The van der Waals surface area contributed by atoms with Gasteiger partial charge in [-0.25, -0.2) is 9.97 Å². The molecule has 0 aliphatic heterocycles. The van der Waals surface area contributed by atoms with Crippen LogP contribution in [0.15, 0.2) is 29.7 Å². The highest BCUT2D eigenvalue weighted by atomic mass is 32.1. The molecule has 0 saturated heterocycles. The Kier molecular flexibility index (Phi) is 4.12. The summed E-state index contributed by atoms with van der Waals surface area (Å²) in [5.41, 5.74) is 4.00. The molecule has 4 rings (SSSR count). The van der Waals surface area contributed by atoms with Crippen molar-refractivity contribution in [2.75, 3.05) is 7.11 Å². The van der Waals surface area contributed by atoms with Gasteiger partial charge in [-0.3, -0.25) is 4.98 Å². The van der Waals surface area contributed by atoms with E-state index in [4.69, 9.17) is 14.8 Å². The van der Waals surface area contributed by atoms with Gasteiger partial charge in [0.25, 0.3) is 0 Å². The van der Waals surface area contributed by atoms with Crippen molar-refractivity contribution in [3.8, 4) is 20.5 Å². The second kappa shape index (κ2) is 6.41. The Morgan fingerprint density at radius 2 is 2.08 bits per heavy atom. The molecule has 0 saturated carbocycles. The first kappa shape index (κ1) is 15.4. The van der Waals surface area contributed by atoms with Gasteiger partial charge in [0.15, 0.2) is 0 Å². The van der Waals surface area contributed by atoms with Crippen LogP contribution >= 0.6 is 22.7 Å². The molecule has 122 valence electrons. The van der Waals surface area contributed by atoms with Crippen molar-refractivity contribution in [2.24, 2.45) is 5.16 Å². The van der Waals surface area contributed by atoms with E-state index in [9.17, 15) is 0 Å². The monoisotopic (exact) mass is 356 g/mol. The summed E-state index contributed by atoms with van der Waals surface area (Å²) in [6, 6.07) is 3.96.